The number of nitro benzene ring substituents is 1. The fraction of sp³-hybridized carbons (Fsp3) is 0.286. The molecule has 1 aliphatic rings. The quantitative estimate of drug-likeness (QED) is 0.650. The summed E-state index contributed by atoms with van der Waals surface area (Å²) in [5, 5.41) is 14.2. The number of nitrogens with zero attached hydrogens (tertiary/aromatic N) is 1. The van der Waals surface area contributed by atoms with Gasteiger partial charge in [-0.3, -0.25) is 10.1 Å². The van der Waals surface area contributed by atoms with Crippen molar-refractivity contribution in [1.82, 2.24) is 0 Å². The fourth-order valence-electron chi connectivity index (χ4n) is 2.47. The molecule has 0 aliphatic heterocycles. The number of rotatable bonds is 4. The van der Waals surface area contributed by atoms with E-state index in [9.17, 15) is 10.1 Å². The predicted octanol–water partition coefficient (Wildman–Crippen LogP) is 4.52. The molecule has 0 amide bonds. The van der Waals surface area contributed by atoms with Crippen LogP contribution in [0.4, 0.5) is 11.4 Å². The van der Waals surface area contributed by atoms with Crippen molar-refractivity contribution >= 4 is 38.6 Å². The van der Waals surface area contributed by atoms with Gasteiger partial charge in [0.1, 0.15) is 5.69 Å². The summed E-state index contributed by atoms with van der Waals surface area (Å²) in [5.41, 5.74) is 2.12. The normalized spacial score (nSPS) is 13.2. The molecular formula is C14H13BrN2O2S. The SMILES string of the molecule is O=[N+]([O-])c1cc(Br)ccc1NCc1cc2c(s1)CCC2. The van der Waals surface area contributed by atoms with Crippen LogP contribution < -0.4 is 5.32 Å². The maximum atomic E-state index is 11.0. The summed E-state index contributed by atoms with van der Waals surface area (Å²) in [6.07, 6.45) is 3.61. The Bertz CT molecular complexity index is 648. The Kier molecular flexibility index (Phi) is 3.76. The fourth-order valence-corrected chi connectivity index (χ4v) is 4.01. The van der Waals surface area contributed by atoms with E-state index in [4.69, 9.17) is 0 Å². The van der Waals surface area contributed by atoms with Gasteiger partial charge in [0.2, 0.25) is 0 Å². The largest absolute Gasteiger partial charge is 0.375 e. The van der Waals surface area contributed by atoms with Crippen LogP contribution in [0.15, 0.2) is 28.7 Å². The molecule has 3 rings (SSSR count). The van der Waals surface area contributed by atoms with Crippen LogP contribution >= 0.6 is 27.3 Å². The summed E-state index contributed by atoms with van der Waals surface area (Å²) >= 11 is 5.08. The molecular weight excluding hydrogens is 340 g/mol. The third kappa shape index (κ3) is 2.71. The second-order valence-corrected chi connectivity index (χ2v) is 6.92. The number of nitro groups is 1. The van der Waals surface area contributed by atoms with Crippen LogP contribution in [0, 0.1) is 10.1 Å². The molecule has 104 valence electrons. The summed E-state index contributed by atoms with van der Waals surface area (Å²) in [6.45, 7) is 0.639. The molecule has 1 aliphatic carbocycles. The molecule has 0 saturated carbocycles. The first-order valence-electron chi connectivity index (χ1n) is 6.42. The van der Waals surface area contributed by atoms with Gasteiger partial charge in [-0.25, -0.2) is 0 Å². The van der Waals surface area contributed by atoms with E-state index in [1.54, 1.807) is 6.07 Å². The van der Waals surface area contributed by atoms with Crippen LogP contribution in [0.2, 0.25) is 0 Å². The number of thiophene rings is 1. The van der Waals surface area contributed by atoms with E-state index in [0.717, 1.165) is 0 Å². The van der Waals surface area contributed by atoms with Crippen molar-refractivity contribution in [3.05, 3.63) is 54.2 Å². The van der Waals surface area contributed by atoms with E-state index >= 15 is 0 Å². The Balaban J connectivity index is 1.76. The highest BCUT2D eigenvalue weighted by Crippen LogP contribution is 2.32. The summed E-state index contributed by atoms with van der Waals surface area (Å²) in [6, 6.07) is 7.30. The molecule has 0 unspecified atom stereocenters. The molecule has 0 fully saturated rings. The highest BCUT2D eigenvalue weighted by Gasteiger charge is 2.16. The number of hydrogen-bond donors (Lipinski definition) is 1. The molecule has 2 aromatic rings. The molecule has 20 heavy (non-hydrogen) atoms. The second-order valence-electron chi connectivity index (χ2n) is 4.79. The first kappa shape index (κ1) is 13.6. The van der Waals surface area contributed by atoms with Gasteiger partial charge in [-0.2, -0.15) is 0 Å². The summed E-state index contributed by atoms with van der Waals surface area (Å²) in [4.78, 5) is 13.4. The van der Waals surface area contributed by atoms with Gasteiger partial charge < -0.3 is 5.32 Å². The summed E-state index contributed by atoms with van der Waals surface area (Å²) in [5.74, 6) is 0. The molecule has 0 bridgehead atoms. The minimum absolute atomic E-state index is 0.100. The molecule has 4 nitrogen and oxygen atoms in total. The van der Waals surface area contributed by atoms with Crippen molar-refractivity contribution in [1.29, 1.82) is 0 Å². The minimum atomic E-state index is -0.360. The van der Waals surface area contributed by atoms with Crippen molar-refractivity contribution in [2.45, 2.75) is 25.8 Å². The number of anilines is 1. The Morgan fingerprint density at radius 3 is 2.95 bits per heavy atom. The lowest BCUT2D eigenvalue weighted by Gasteiger charge is -2.06. The van der Waals surface area contributed by atoms with Gasteiger partial charge in [0.25, 0.3) is 5.69 Å². The topological polar surface area (TPSA) is 55.2 Å². The smallest absolute Gasteiger partial charge is 0.293 e. The number of aryl methyl sites for hydroxylation is 2. The maximum Gasteiger partial charge on any atom is 0.293 e. The van der Waals surface area contributed by atoms with Crippen LogP contribution in [-0.4, -0.2) is 4.92 Å². The van der Waals surface area contributed by atoms with Crippen LogP contribution in [0.5, 0.6) is 0 Å². The third-order valence-electron chi connectivity index (χ3n) is 3.41. The first-order chi connectivity index (χ1) is 9.63. The lowest BCUT2D eigenvalue weighted by Crippen LogP contribution is -2.01. The monoisotopic (exact) mass is 352 g/mol. The van der Waals surface area contributed by atoms with Crippen LogP contribution in [0.25, 0.3) is 0 Å². The van der Waals surface area contributed by atoms with E-state index in [-0.39, 0.29) is 10.6 Å². The van der Waals surface area contributed by atoms with Gasteiger partial charge in [0, 0.05) is 26.8 Å². The average molecular weight is 353 g/mol. The zero-order chi connectivity index (χ0) is 14.1. The van der Waals surface area contributed by atoms with Gasteiger partial charge in [-0.1, -0.05) is 15.9 Å². The molecule has 0 saturated heterocycles. The first-order valence-corrected chi connectivity index (χ1v) is 8.03. The van der Waals surface area contributed by atoms with E-state index < -0.39 is 0 Å². The molecule has 6 heteroatoms. The predicted molar refractivity (Wildman–Crippen MR) is 84.5 cm³/mol. The van der Waals surface area contributed by atoms with Gasteiger partial charge >= 0.3 is 0 Å². The van der Waals surface area contributed by atoms with Crippen LogP contribution in [-0.2, 0) is 19.4 Å². The zero-order valence-corrected chi connectivity index (χ0v) is 13.1. The Labute approximate surface area is 129 Å². The van der Waals surface area contributed by atoms with Gasteiger partial charge in [0.05, 0.1) is 4.92 Å². The molecule has 1 heterocycles. The number of halogens is 1. The van der Waals surface area contributed by atoms with E-state index in [1.165, 1.54) is 40.6 Å². The highest BCUT2D eigenvalue weighted by molar-refractivity contribution is 9.10. The third-order valence-corrected chi connectivity index (χ3v) is 5.14. The number of hydrogen-bond acceptors (Lipinski definition) is 4. The molecule has 1 aromatic heterocycles. The number of nitrogens with one attached hydrogen (secondary N) is 1. The molecule has 0 spiro atoms. The van der Waals surface area contributed by atoms with E-state index in [0.29, 0.717) is 16.7 Å². The standard InChI is InChI=1S/C14H13BrN2O2S/c15-10-4-5-12(13(7-10)17(18)19)16-8-11-6-9-2-1-3-14(9)20-11/h4-7,16H,1-3,8H2. The summed E-state index contributed by atoms with van der Waals surface area (Å²) < 4.78 is 0.713. The summed E-state index contributed by atoms with van der Waals surface area (Å²) in [7, 11) is 0. The van der Waals surface area contributed by atoms with Crippen molar-refractivity contribution in [2.75, 3.05) is 5.32 Å². The molecule has 1 aromatic carbocycles. The van der Waals surface area contributed by atoms with Crippen molar-refractivity contribution in [3.63, 3.8) is 0 Å². The van der Waals surface area contributed by atoms with Gasteiger partial charge in [0.15, 0.2) is 0 Å². The van der Waals surface area contributed by atoms with E-state index in [1.807, 2.05) is 17.4 Å². The second kappa shape index (κ2) is 5.54. The molecule has 0 atom stereocenters. The van der Waals surface area contributed by atoms with Gasteiger partial charge in [-0.05, 0) is 43.0 Å². The van der Waals surface area contributed by atoms with Crippen LogP contribution in [0.3, 0.4) is 0 Å². The van der Waals surface area contributed by atoms with Gasteiger partial charge in [-0.15, -0.1) is 11.3 Å². The van der Waals surface area contributed by atoms with Crippen LogP contribution in [0.1, 0.15) is 21.7 Å². The minimum Gasteiger partial charge on any atom is -0.375 e. The zero-order valence-electron chi connectivity index (χ0n) is 10.7. The maximum absolute atomic E-state index is 11.0. The van der Waals surface area contributed by atoms with Crippen molar-refractivity contribution in [3.8, 4) is 0 Å². The van der Waals surface area contributed by atoms with Crippen molar-refractivity contribution in [2.24, 2.45) is 0 Å². The average Bonchev–Trinajstić information content (AvgIpc) is 2.97. The number of fused-ring (bicyclic) bond motifs is 1. The van der Waals surface area contributed by atoms with Crippen molar-refractivity contribution < 1.29 is 4.92 Å². The lowest BCUT2D eigenvalue weighted by atomic mass is 10.2. The molecule has 1 N–H and O–H groups in total. The Morgan fingerprint density at radius 1 is 1.35 bits per heavy atom. The van der Waals surface area contributed by atoms with E-state index in [2.05, 4.69) is 27.3 Å². The number of benzene rings is 1. The highest BCUT2D eigenvalue weighted by atomic mass is 79.9. The molecule has 0 radical (unpaired) electrons. The lowest BCUT2D eigenvalue weighted by molar-refractivity contribution is -0.384. The Morgan fingerprint density at radius 2 is 2.20 bits per heavy atom. The Hall–Kier alpha value is -1.40.